The summed E-state index contributed by atoms with van der Waals surface area (Å²) >= 11 is 0. The molecule has 0 aliphatic carbocycles. The molecular weight excluding hydrogens is 353 g/mol. The molecule has 2 unspecified atom stereocenters. The molecule has 0 aromatic heterocycles. The van der Waals surface area contributed by atoms with E-state index < -0.39 is 41.5 Å². The van der Waals surface area contributed by atoms with Gasteiger partial charge in [0.05, 0.1) is 18.1 Å². The van der Waals surface area contributed by atoms with Crippen molar-refractivity contribution in [2.75, 3.05) is 18.1 Å². The van der Waals surface area contributed by atoms with Crippen molar-refractivity contribution in [1.29, 1.82) is 0 Å². The van der Waals surface area contributed by atoms with Crippen LogP contribution in [0.15, 0.2) is 24.3 Å². The Morgan fingerprint density at radius 1 is 1.38 bits per heavy atom. The van der Waals surface area contributed by atoms with E-state index in [1.54, 1.807) is 6.92 Å². The highest BCUT2D eigenvalue weighted by Crippen LogP contribution is 2.33. The third kappa shape index (κ3) is 4.53. The standard InChI is InChI=1S/C17H19F3N2O4/c1-3-26-16(25)10(2)21-15(24)11-7-14(23)22(9-11)13-6-4-5-12(8-13)17(18,19)20/h4-6,8,10-11H,3,7,9H2,1-2H3,(H,21,24). The first-order valence-electron chi connectivity index (χ1n) is 8.08. The summed E-state index contributed by atoms with van der Waals surface area (Å²) in [6.07, 6.45) is -4.66. The lowest BCUT2D eigenvalue weighted by Crippen LogP contribution is -2.43. The highest BCUT2D eigenvalue weighted by Gasteiger charge is 2.37. The molecule has 0 spiro atoms. The van der Waals surface area contributed by atoms with Crippen LogP contribution in [0, 0.1) is 5.92 Å². The first kappa shape index (κ1) is 19.7. The number of amides is 2. The van der Waals surface area contributed by atoms with E-state index in [4.69, 9.17) is 4.74 Å². The van der Waals surface area contributed by atoms with Crippen LogP contribution in [0.2, 0.25) is 0 Å². The predicted molar refractivity (Wildman–Crippen MR) is 86.1 cm³/mol. The molecule has 0 saturated carbocycles. The summed E-state index contributed by atoms with van der Waals surface area (Å²) in [5.41, 5.74) is -0.787. The maximum atomic E-state index is 12.8. The predicted octanol–water partition coefficient (Wildman–Crippen LogP) is 2.13. The molecule has 1 aromatic rings. The Bertz CT molecular complexity index is 705. The van der Waals surface area contributed by atoms with Crippen LogP contribution in [0.25, 0.3) is 0 Å². The van der Waals surface area contributed by atoms with Crippen molar-refractivity contribution in [3.8, 4) is 0 Å². The first-order valence-corrected chi connectivity index (χ1v) is 8.08. The molecule has 6 nitrogen and oxygen atoms in total. The van der Waals surface area contributed by atoms with E-state index in [0.29, 0.717) is 0 Å². The average molecular weight is 372 g/mol. The van der Waals surface area contributed by atoms with Crippen molar-refractivity contribution < 1.29 is 32.3 Å². The Hall–Kier alpha value is -2.58. The molecule has 1 aromatic carbocycles. The number of alkyl halides is 3. The van der Waals surface area contributed by atoms with E-state index in [-0.39, 0.29) is 25.3 Å². The summed E-state index contributed by atoms with van der Waals surface area (Å²) in [6, 6.07) is 3.51. The third-order valence-electron chi connectivity index (χ3n) is 3.98. The van der Waals surface area contributed by atoms with Gasteiger partial charge in [0.2, 0.25) is 11.8 Å². The molecule has 1 aliphatic rings. The quantitative estimate of drug-likeness (QED) is 0.804. The lowest BCUT2D eigenvalue weighted by atomic mass is 10.1. The van der Waals surface area contributed by atoms with E-state index in [1.807, 2.05) is 0 Å². The SMILES string of the molecule is CCOC(=O)C(C)NC(=O)C1CC(=O)N(c2cccc(C(F)(F)F)c2)C1. The van der Waals surface area contributed by atoms with Gasteiger partial charge in [0.1, 0.15) is 6.04 Å². The summed E-state index contributed by atoms with van der Waals surface area (Å²) in [6.45, 7) is 3.21. The Balaban J connectivity index is 2.07. The Kier molecular flexibility index (Phi) is 5.89. The largest absolute Gasteiger partial charge is 0.464 e. The van der Waals surface area contributed by atoms with Gasteiger partial charge in [-0.15, -0.1) is 0 Å². The second kappa shape index (κ2) is 7.76. The number of carbonyl (C=O) groups is 3. The number of benzene rings is 1. The fourth-order valence-corrected chi connectivity index (χ4v) is 2.64. The number of carbonyl (C=O) groups excluding carboxylic acids is 3. The van der Waals surface area contributed by atoms with Gasteiger partial charge >= 0.3 is 12.1 Å². The molecule has 1 fully saturated rings. The molecule has 1 aliphatic heterocycles. The Labute approximate surface area is 148 Å². The number of nitrogens with one attached hydrogen (secondary N) is 1. The van der Waals surface area contributed by atoms with Crippen LogP contribution in [0.4, 0.5) is 18.9 Å². The van der Waals surface area contributed by atoms with Gasteiger partial charge in [0.15, 0.2) is 0 Å². The van der Waals surface area contributed by atoms with Gasteiger partial charge in [-0.1, -0.05) is 6.07 Å². The maximum absolute atomic E-state index is 12.8. The van der Waals surface area contributed by atoms with Crippen molar-refractivity contribution in [3.05, 3.63) is 29.8 Å². The molecular formula is C17H19F3N2O4. The fourth-order valence-electron chi connectivity index (χ4n) is 2.64. The smallest absolute Gasteiger partial charge is 0.416 e. The molecule has 2 rings (SSSR count). The number of anilines is 1. The van der Waals surface area contributed by atoms with Crippen LogP contribution in [-0.2, 0) is 25.3 Å². The maximum Gasteiger partial charge on any atom is 0.416 e. The lowest BCUT2D eigenvalue weighted by molar-refractivity contribution is -0.147. The summed E-state index contributed by atoms with van der Waals surface area (Å²) in [4.78, 5) is 37.1. The monoisotopic (exact) mass is 372 g/mol. The number of esters is 1. The normalized spacial score (nSPS) is 18.6. The van der Waals surface area contributed by atoms with Gasteiger partial charge in [-0.05, 0) is 32.0 Å². The molecule has 9 heteroatoms. The number of ether oxygens (including phenoxy) is 1. The minimum absolute atomic E-state index is 0.0540. The molecule has 0 bridgehead atoms. The molecule has 1 N–H and O–H groups in total. The second-order valence-electron chi connectivity index (χ2n) is 5.94. The number of rotatable bonds is 5. The van der Waals surface area contributed by atoms with Gasteiger partial charge in [-0.25, -0.2) is 4.79 Å². The summed E-state index contributed by atoms with van der Waals surface area (Å²) in [7, 11) is 0. The van der Waals surface area contributed by atoms with E-state index >= 15 is 0 Å². The van der Waals surface area contributed by atoms with Gasteiger partial charge in [-0.2, -0.15) is 13.2 Å². The fraction of sp³-hybridized carbons (Fsp3) is 0.471. The summed E-state index contributed by atoms with van der Waals surface area (Å²) < 4.78 is 43.3. The Morgan fingerprint density at radius 3 is 2.69 bits per heavy atom. The minimum Gasteiger partial charge on any atom is -0.464 e. The van der Waals surface area contributed by atoms with Crippen LogP contribution in [0.1, 0.15) is 25.8 Å². The van der Waals surface area contributed by atoms with Gasteiger partial charge in [0.25, 0.3) is 0 Å². The minimum atomic E-state index is -4.52. The highest BCUT2D eigenvalue weighted by molar-refractivity contribution is 6.00. The lowest BCUT2D eigenvalue weighted by Gasteiger charge is -2.19. The van der Waals surface area contributed by atoms with Crippen LogP contribution >= 0.6 is 0 Å². The molecule has 1 heterocycles. The zero-order chi connectivity index (χ0) is 19.5. The van der Waals surface area contributed by atoms with Crippen molar-refractivity contribution in [2.45, 2.75) is 32.5 Å². The molecule has 2 atom stereocenters. The zero-order valence-electron chi connectivity index (χ0n) is 14.3. The van der Waals surface area contributed by atoms with E-state index in [0.717, 1.165) is 17.0 Å². The second-order valence-corrected chi connectivity index (χ2v) is 5.94. The van der Waals surface area contributed by atoms with Crippen LogP contribution in [0.3, 0.4) is 0 Å². The van der Waals surface area contributed by atoms with Gasteiger partial charge in [-0.3, -0.25) is 9.59 Å². The topological polar surface area (TPSA) is 75.7 Å². The van der Waals surface area contributed by atoms with E-state index in [1.165, 1.54) is 19.1 Å². The molecule has 1 saturated heterocycles. The van der Waals surface area contributed by atoms with Crippen molar-refractivity contribution in [2.24, 2.45) is 5.92 Å². The van der Waals surface area contributed by atoms with Crippen LogP contribution in [-0.4, -0.2) is 37.0 Å². The first-order chi connectivity index (χ1) is 12.1. The van der Waals surface area contributed by atoms with E-state index in [2.05, 4.69) is 5.32 Å². The van der Waals surface area contributed by atoms with Gasteiger partial charge in [0, 0.05) is 18.7 Å². The van der Waals surface area contributed by atoms with Crippen molar-refractivity contribution >= 4 is 23.5 Å². The number of hydrogen-bond acceptors (Lipinski definition) is 4. The van der Waals surface area contributed by atoms with E-state index in [9.17, 15) is 27.6 Å². The average Bonchev–Trinajstić information content (AvgIpc) is 2.96. The number of halogens is 3. The number of nitrogens with zero attached hydrogens (tertiary/aromatic N) is 1. The van der Waals surface area contributed by atoms with Crippen molar-refractivity contribution in [3.63, 3.8) is 0 Å². The number of hydrogen-bond donors (Lipinski definition) is 1. The molecule has 26 heavy (non-hydrogen) atoms. The Morgan fingerprint density at radius 2 is 2.08 bits per heavy atom. The zero-order valence-corrected chi connectivity index (χ0v) is 14.3. The van der Waals surface area contributed by atoms with Crippen LogP contribution < -0.4 is 10.2 Å². The molecule has 2 amide bonds. The van der Waals surface area contributed by atoms with Gasteiger partial charge < -0.3 is 15.0 Å². The molecule has 142 valence electrons. The summed E-state index contributed by atoms with van der Waals surface area (Å²) in [5, 5.41) is 2.46. The third-order valence-corrected chi connectivity index (χ3v) is 3.98. The summed E-state index contributed by atoms with van der Waals surface area (Å²) in [5.74, 6) is -2.32. The molecule has 0 radical (unpaired) electrons. The van der Waals surface area contributed by atoms with Crippen LogP contribution in [0.5, 0.6) is 0 Å². The highest BCUT2D eigenvalue weighted by atomic mass is 19.4. The van der Waals surface area contributed by atoms with Crippen molar-refractivity contribution in [1.82, 2.24) is 5.32 Å².